The number of nitrogens with one attached hydrogen (secondary N) is 1. The van der Waals surface area contributed by atoms with Crippen molar-refractivity contribution in [1.82, 2.24) is 10.2 Å². The van der Waals surface area contributed by atoms with Crippen LogP contribution >= 0.6 is 11.3 Å². The second-order valence-corrected chi connectivity index (χ2v) is 2.90. The predicted molar refractivity (Wildman–Crippen MR) is 40.1 cm³/mol. The minimum Gasteiger partial charge on any atom is -0.389 e. The highest BCUT2D eigenvalue weighted by Crippen LogP contribution is 2.14. The summed E-state index contributed by atoms with van der Waals surface area (Å²) in [4.78, 5) is 10.5. The third-order valence-corrected chi connectivity index (χ3v) is 1.71. The molecule has 0 spiro atoms. The lowest BCUT2D eigenvalue weighted by Crippen LogP contribution is -2.04. The Balaban J connectivity index is 2.65. The van der Waals surface area contributed by atoms with Crippen molar-refractivity contribution in [3.63, 3.8) is 0 Å². The highest BCUT2D eigenvalue weighted by molar-refractivity contribution is 7.15. The molecule has 0 radical (unpaired) electrons. The van der Waals surface area contributed by atoms with Gasteiger partial charge in [0.1, 0.15) is 5.01 Å². The van der Waals surface area contributed by atoms with Gasteiger partial charge in [0, 0.05) is 6.92 Å². The quantitative estimate of drug-likeness (QED) is 0.659. The van der Waals surface area contributed by atoms with Crippen LogP contribution in [0.2, 0.25) is 0 Å². The van der Waals surface area contributed by atoms with E-state index in [9.17, 15) is 4.79 Å². The van der Waals surface area contributed by atoms with Crippen LogP contribution < -0.4 is 5.32 Å². The van der Waals surface area contributed by atoms with Gasteiger partial charge in [0.05, 0.1) is 6.61 Å². The van der Waals surface area contributed by atoms with Gasteiger partial charge >= 0.3 is 0 Å². The van der Waals surface area contributed by atoms with E-state index in [2.05, 4.69) is 15.5 Å². The smallest absolute Gasteiger partial charge is 0.223 e. The van der Waals surface area contributed by atoms with E-state index < -0.39 is 0 Å². The fourth-order valence-electron chi connectivity index (χ4n) is 0.519. The zero-order valence-corrected chi connectivity index (χ0v) is 6.68. The van der Waals surface area contributed by atoms with Gasteiger partial charge in [-0.05, 0) is 0 Å². The number of carbonyl (C=O) groups is 1. The molecule has 5 nitrogen and oxygen atoms in total. The van der Waals surface area contributed by atoms with E-state index in [0.29, 0.717) is 10.1 Å². The zero-order chi connectivity index (χ0) is 8.27. The number of aromatic nitrogens is 2. The van der Waals surface area contributed by atoms with Crippen LogP contribution in [0.1, 0.15) is 11.9 Å². The number of rotatable bonds is 2. The third-order valence-electron chi connectivity index (χ3n) is 0.885. The molecule has 0 atom stereocenters. The zero-order valence-electron chi connectivity index (χ0n) is 5.87. The molecule has 0 aliphatic heterocycles. The van der Waals surface area contributed by atoms with Crippen LogP contribution in [0, 0.1) is 0 Å². The van der Waals surface area contributed by atoms with Gasteiger partial charge in [0.2, 0.25) is 11.0 Å². The first-order chi connectivity index (χ1) is 5.22. The van der Waals surface area contributed by atoms with E-state index in [0.717, 1.165) is 11.3 Å². The Kier molecular flexibility index (Phi) is 2.50. The number of aliphatic hydroxyl groups is 1. The van der Waals surface area contributed by atoms with Gasteiger partial charge in [0.15, 0.2) is 0 Å². The number of hydrogen-bond acceptors (Lipinski definition) is 5. The number of hydrogen-bond donors (Lipinski definition) is 2. The average molecular weight is 173 g/mol. The summed E-state index contributed by atoms with van der Waals surface area (Å²) in [6.45, 7) is 1.25. The van der Waals surface area contributed by atoms with Gasteiger partial charge in [-0.1, -0.05) is 11.3 Å². The van der Waals surface area contributed by atoms with Crippen molar-refractivity contribution in [1.29, 1.82) is 0 Å². The Labute approximate surface area is 67.1 Å². The molecule has 0 aromatic carbocycles. The molecule has 0 fully saturated rings. The van der Waals surface area contributed by atoms with Crippen LogP contribution in [0.4, 0.5) is 5.13 Å². The van der Waals surface area contributed by atoms with Gasteiger partial charge in [-0.3, -0.25) is 4.79 Å². The van der Waals surface area contributed by atoms with E-state index >= 15 is 0 Å². The molecule has 60 valence electrons. The maximum atomic E-state index is 10.5. The molecular formula is C5H7N3O2S. The molecule has 0 unspecified atom stereocenters. The summed E-state index contributed by atoms with van der Waals surface area (Å²) >= 11 is 1.16. The summed E-state index contributed by atoms with van der Waals surface area (Å²) in [5, 5.41) is 19.1. The summed E-state index contributed by atoms with van der Waals surface area (Å²) in [6.07, 6.45) is 0. The first-order valence-corrected chi connectivity index (χ1v) is 3.75. The molecule has 0 bridgehead atoms. The number of amides is 1. The van der Waals surface area contributed by atoms with Gasteiger partial charge in [-0.15, -0.1) is 10.2 Å². The molecule has 1 heterocycles. The minimum atomic E-state index is -0.189. The topological polar surface area (TPSA) is 75.1 Å². The molecule has 11 heavy (non-hydrogen) atoms. The number of aliphatic hydroxyl groups excluding tert-OH is 1. The standard InChI is InChI=1S/C5H7N3O2S/c1-3(10)6-5-8-7-4(2-9)11-5/h9H,2H2,1H3,(H,6,8,10). The Bertz CT molecular complexity index is 260. The second kappa shape index (κ2) is 3.40. The van der Waals surface area contributed by atoms with E-state index in [1.807, 2.05) is 0 Å². The normalized spacial score (nSPS) is 9.64. The van der Waals surface area contributed by atoms with E-state index in [1.165, 1.54) is 6.92 Å². The van der Waals surface area contributed by atoms with Crippen molar-refractivity contribution in [2.45, 2.75) is 13.5 Å². The van der Waals surface area contributed by atoms with Crippen LogP contribution in [0.25, 0.3) is 0 Å². The lowest BCUT2D eigenvalue weighted by atomic mass is 10.7. The average Bonchev–Trinajstić information content (AvgIpc) is 2.34. The summed E-state index contributed by atoms with van der Waals surface area (Å²) in [5.74, 6) is -0.189. The summed E-state index contributed by atoms with van der Waals surface area (Å²) in [6, 6.07) is 0. The number of carbonyl (C=O) groups excluding carboxylic acids is 1. The predicted octanol–water partition coefficient (Wildman–Crippen LogP) is -0.0112. The largest absolute Gasteiger partial charge is 0.389 e. The van der Waals surface area contributed by atoms with E-state index in [-0.39, 0.29) is 12.5 Å². The van der Waals surface area contributed by atoms with Gasteiger partial charge in [0.25, 0.3) is 0 Å². The highest BCUT2D eigenvalue weighted by Gasteiger charge is 2.02. The van der Waals surface area contributed by atoms with Gasteiger partial charge in [-0.25, -0.2) is 0 Å². The van der Waals surface area contributed by atoms with Crippen molar-refractivity contribution in [3.05, 3.63) is 5.01 Å². The van der Waals surface area contributed by atoms with Crippen molar-refractivity contribution in [2.24, 2.45) is 0 Å². The molecule has 1 aromatic rings. The fourth-order valence-corrected chi connectivity index (χ4v) is 1.16. The maximum Gasteiger partial charge on any atom is 0.223 e. The monoisotopic (exact) mass is 173 g/mol. The molecule has 0 aliphatic carbocycles. The third kappa shape index (κ3) is 2.24. The molecule has 1 rings (SSSR count). The highest BCUT2D eigenvalue weighted by atomic mass is 32.1. The van der Waals surface area contributed by atoms with Crippen LogP contribution in [0.5, 0.6) is 0 Å². The van der Waals surface area contributed by atoms with Crippen LogP contribution in [0.15, 0.2) is 0 Å². The lowest BCUT2D eigenvalue weighted by molar-refractivity contribution is -0.114. The van der Waals surface area contributed by atoms with Crippen LogP contribution in [0.3, 0.4) is 0 Å². The van der Waals surface area contributed by atoms with Crippen molar-refractivity contribution >= 4 is 22.4 Å². The molecule has 6 heteroatoms. The Hall–Kier alpha value is -1.01. The second-order valence-electron chi connectivity index (χ2n) is 1.84. The summed E-state index contributed by atoms with van der Waals surface area (Å²) < 4.78 is 0. The van der Waals surface area contributed by atoms with Gasteiger partial charge < -0.3 is 10.4 Å². The Morgan fingerprint density at radius 1 is 1.73 bits per heavy atom. The molecule has 0 saturated heterocycles. The Morgan fingerprint density at radius 2 is 2.45 bits per heavy atom. The number of nitrogens with zero attached hydrogens (tertiary/aromatic N) is 2. The van der Waals surface area contributed by atoms with Gasteiger partial charge in [-0.2, -0.15) is 0 Å². The van der Waals surface area contributed by atoms with Crippen molar-refractivity contribution in [3.8, 4) is 0 Å². The first-order valence-electron chi connectivity index (χ1n) is 2.93. The number of anilines is 1. The first kappa shape index (κ1) is 8.09. The molecule has 1 aromatic heterocycles. The Morgan fingerprint density at radius 3 is 2.91 bits per heavy atom. The molecule has 1 amide bonds. The lowest BCUT2D eigenvalue weighted by Gasteiger charge is -1.90. The molecule has 2 N–H and O–H groups in total. The summed E-state index contributed by atoms with van der Waals surface area (Å²) in [5.41, 5.74) is 0. The molecule has 0 saturated carbocycles. The summed E-state index contributed by atoms with van der Waals surface area (Å²) in [7, 11) is 0. The van der Waals surface area contributed by atoms with Crippen LogP contribution in [-0.2, 0) is 11.4 Å². The van der Waals surface area contributed by atoms with Crippen LogP contribution in [-0.4, -0.2) is 21.2 Å². The fraction of sp³-hybridized carbons (Fsp3) is 0.400. The van der Waals surface area contributed by atoms with Crippen molar-refractivity contribution in [2.75, 3.05) is 5.32 Å². The molecular weight excluding hydrogens is 166 g/mol. The van der Waals surface area contributed by atoms with E-state index in [4.69, 9.17) is 5.11 Å². The molecule has 0 aliphatic rings. The minimum absolute atomic E-state index is 0.142. The maximum absolute atomic E-state index is 10.5. The van der Waals surface area contributed by atoms with E-state index in [1.54, 1.807) is 0 Å². The van der Waals surface area contributed by atoms with Crippen molar-refractivity contribution < 1.29 is 9.90 Å². The SMILES string of the molecule is CC(=O)Nc1nnc(CO)s1.